The van der Waals surface area contributed by atoms with Crippen LogP contribution < -0.4 is 12.4 Å². The van der Waals surface area contributed by atoms with Crippen LogP contribution in [-0.2, 0) is 0 Å². The molecule has 1 N–H and O–H groups in total. The quantitative estimate of drug-likeness (QED) is 0.397. The van der Waals surface area contributed by atoms with Crippen LogP contribution in [-0.4, -0.2) is 48.2 Å². The van der Waals surface area contributed by atoms with E-state index in [0.717, 1.165) is 4.48 Å². The summed E-state index contributed by atoms with van der Waals surface area (Å²) in [5, 5.41) is 9.31. The van der Waals surface area contributed by atoms with Gasteiger partial charge in [0.1, 0.15) is 12.6 Å². The normalized spacial score (nSPS) is 13.5. The Morgan fingerprint density at radius 2 is 1.82 bits per heavy atom. The first kappa shape index (κ1) is 13.9. The molecule has 2 nitrogen and oxygen atoms in total. The Bertz CT molecular complexity index is 133. The fraction of sp³-hybridized carbons (Fsp3) is 0.857. The van der Waals surface area contributed by atoms with E-state index in [1.165, 1.54) is 0 Å². The molecular weight excluding hydrogens is 182 g/mol. The molecule has 68 valence electrons. The van der Waals surface area contributed by atoms with Gasteiger partial charge >= 0.3 is 0 Å². The predicted octanol–water partition coefficient (Wildman–Crippen LogP) is -2.55. The number of nitrogens with zero attached hydrogens (tertiary/aromatic N) is 1. The topological polar surface area (TPSA) is 20.2 Å². The minimum Gasteiger partial charge on any atom is -1.00 e. The highest BCUT2D eigenvalue weighted by atomic mass is 35.5. The molecule has 11 heavy (non-hydrogen) atoms. The van der Waals surface area contributed by atoms with Crippen LogP contribution in [0.4, 0.5) is 0 Å². The van der Waals surface area contributed by atoms with Crippen molar-refractivity contribution in [3.8, 4) is 0 Å². The van der Waals surface area contributed by atoms with E-state index in [9.17, 15) is 5.11 Å². The van der Waals surface area contributed by atoms with Gasteiger partial charge in [0.2, 0.25) is 0 Å². The molecule has 0 aliphatic rings. The van der Waals surface area contributed by atoms with Crippen LogP contribution in [0.5, 0.6) is 0 Å². The van der Waals surface area contributed by atoms with Crippen LogP contribution in [0.25, 0.3) is 0 Å². The van der Waals surface area contributed by atoms with E-state index in [-0.39, 0.29) is 12.4 Å². The first-order valence-electron chi connectivity index (χ1n) is 3.32. The lowest BCUT2D eigenvalue weighted by molar-refractivity contribution is -0.872. The Balaban J connectivity index is 0. The SMILES string of the molecule is CC(=S)C(O)C[N+](C)(C)C.[Cl-]. The van der Waals surface area contributed by atoms with E-state index in [1.807, 2.05) is 21.1 Å². The smallest absolute Gasteiger partial charge is 0.134 e. The maximum absolute atomic E-state index is 9.31. The molecule has 0 aromatic heterocycles. The van der Waals surface area contributed by atoms with Crippen molar-refractivity contribution in [3.63, 3.8) is 0 Å². The molecule has 0 bridgehead atoms. The summed E-state index contributed by atoms with van der Waals surface area (Å²) < 4.78 is 0.745. The second-order valence-corrected chi connectivity index (χ2v) is 4.24. The van der Waals surface area contributed by atoms with Gasteiger partial charge in [0.15, 0.2) is 0 Å². The summed E-state index contributed by atoms with van der Waals surface area (Å²) in [4.78, 5) is 0.674. The fourth-order valence-corrected chi connectivity index (χ4v) is 0.722. The van der Waals surface area contributed by atoms with Gasteiger partial charge in [-0.25, -0.2) is 0 Å². The van der Waals surface area contributed by atoms with E-state index in [1.54, 1.807) is 6.92 Å². The lowest BCUT2D eigenvalue weighted by Crippen LogP contribution is -3.00. The number of quaternary nitrogens is 1. The van der Waals surface area contributed by atoms with Gasteiger partial charge in [-0.05, 0) is 6.92 Å². The Morgan fingerprint density at radius 3 is 1.91 bits per heavy atom. The van der Waals surface area contributed by atoms with Gasteiger partial charge in [0.25, 0.3) is 0 Å². The van der Waals surface area contributed by atoms with Crippen molar-refractivity contribution in [3.05, 3.63) is 0 Å². The van der Waals surface area contributed by atoms with Crippen LogP contribution in [0, 0.1) is 0 Å². The maximum atomic E-state index is 9.31. The standard InChI is InChI=1S/C7H16NOS.ClH/c1-6(10)7(9)5-8(2,3)4;/h7,9H,5H2,1-4H3;1H/q+1;/p-1. The number of aliphatic hydroxyl groups excluding tert-OH is 1. The molecule has 0 spiro atoms. The minimum atomic E-state index is -0.435. The minimum absolute atomic E-state index is 0. The molecule has 0 rings (SSSR count). The van der Waals surface area contributed by atoms with Gasteiger partial charge in [-0.3, -0.25) is 0 Å². The lowest BCUT2D eigenvalue weighted by atomic mass is 10.2. The van der Waals surface area contributed by atoms with Gasteiger partial charge in [0, 0.05) is 4.86 Å². The number of thiocarbonyl (C=S) groups is 1. The van der Waals surface area contributed by atoms with Crippen molar-refractivity contribution in [2.45, 2.75) is 13.0 Å². The average Bonchev–Trinajstić information content (AvgIpc) is 1.60. The van der Waals surface area contributed by atoms with E-state index < -0.39 is 6.10 Å². The summed E-state index contributed by atoms with van der Waals surface area (Å²) in [7, 11) is 6.09. The Kier molecular flexibility index (Phi) is 6.35. The summed E-state index contributed by atoms with van der Waals surface area (Å²) in [5.74, 6) is 0. The summed E-state index contributed by atoms with van der Waals surface area (Å²) in [6, 6.07) is 0. The fourth-order valence-electron chi connectivity index (χ4n) is 0.647. The molecule has 1 unspecified atom stereocenters. The van der Waals surface area contributed by atoms with E-state index >= 15 is 0 Å². The zero-order valence-corrected chi connectivity index (χ0v) is 9.04. The Labute approximate surface area is 80.2 Å². The van der Waals surface area contributed by atoms with Gasteiger partial charge in [-0.15, -0.1) is 0 Å². The molecular formula is C7H16ClNOS. The molecule has 0 heterocycles. The molecule has 1 atom stereocenters. The van der Waals surface area contributed by atoms with Crippen LogP contribution in [0.1, 0.15) is 6.92 Å². The van der Waals surface area contributed by atoms with E-state index in [4.69, 9.17) is 12.2 Å². The second kappa shape index (κ2) is 5.04. The molecule has 0 aromatic rings. The third-order valence-electron chi connectivity index (χ3n) is 1.19. The predicted molar refractivity (Wildman–Crippen MR) is 47.2 cm³/mol. The number of rotatable bonds is 3. The average molecular weight is 198 g/mol. The van der Waals surface area contributed by atoms with Gasteiger partial charge in [-0.1, -0.05) is 12.2 Å². The first-order chi connectivity index (χ1) is 4.33. The molecule has 0 amide bonds. The van der Waals surface area contributed by atoms with Crippen molar-refractivity contribution in [2.24, 2.45) is 0 Å². The molecule has 4 heteroatoms. The molecule has 0 fully saturated rings. The summed E-state index contributed by atoms with van der Waals surface area (Å²) >= 11 is 4.83. The third-order valence-corrected chi connectivity index (χ3v) is 1.46. The van der Waals surface area contributed by atoms with Crippen LogP contribution >= 0.6 is 12.2 Å². The highest BCUT2D eigenvalue weighted by molar-refractivity contribution is 7.80. The monoisotopic (exact) mass is 197 g/mol. The highest BCUT2D eigenvalue weighted by Crippen LogP contribution is 1.96. The van der Waals surface area contributed by atoms with E-state index in [2.05, 4.69) is 0 Å². The van der Waals surface area contributed by atoms with Gasteiger partial charge < -0.3 is 22.0 Å². The molecule has 0 aromatic carbocycles. The number of hydrogen-bond donors (Lipinski definition) is 1. The van der Waals surface area contributed by atoms with Crippen molar-refractivity contribution in [2.75, 3.05) is 27.7 Å². The summed E-state index contributed by atoms with van der Waals surface area (Å²) in [6.45, 7) is 2.46. The summed E-state index contributed by atoms with van der Waals surface area (Å²) in [5.41, 5.74) is 0. The number of halogens is 1. The van der Waals surface area contributed by atoms with Gasteiger partial charge in [0.05, 0.1) is 21.1 Å². The third kappa shape index (κ3) is 8.20. The first-order valence-corrected chi connectivity index (χ1v) is 3.73. The van der Waals surface area contributed by atoms with E-state index in [0.29, 0.717) is 11.4 Å². The second-order valence-electron chi connectivity index (χ2n) is 3.60. The largest absolute Gasteiger partial charge is 1.00 e. The van der Waals surface area contributed by atoms with Crippen LogP contribution in [0.2, 0.25) is 0 Å². The van der Waals surface area contributed by atoms with Crippen molar-refractivity contribution in [1.82, 2.24) is 0 Å². The zero-order chi connectivity index (χ0) is 8.36. The molecule has 0 saturated carbocycles. The summed E-state index contributed by atoms with van der Waals surface area (Å²) in [6.07, 6.45) is -0.435. The molecule has 0 aliphatic carbocycles. The molecule has 0 aliphatic heterocycles. The van der Waals surface area contributed by atoms with Crippen molar-refractivity contribution in [1.29, 1.82) is 0 Å². The van der Waals surface area contributed by atoms with Crippen molar-refractivity contribution >= 4 is 17.1 Å². The van der Waals surface area contributed by atoms with Crippen molar-refractivity contribution < 1.29 is 22.0 Å². The number of hydrogen-bond acceptors (Lipinski definition) is 2. The number of likely N-dealkylation sites (N-methyl/N-ethyl adjacent to an activating group) is 1. The van der Waals surface area contributed by atoms with Gasteiger partial charge in [-0.2, -0.15) is 0 Å². The highest BCUT2D eigenvalue weighted by Gasteiger charge is 2.15. The molecule has 0 saturated heterocycles. The Morgan fingerprint density at radius 1 is 1.45 bits per heavy atom. The Hall–Kier alpha value is 0.300. The molecule has 0 radical (unpaired) electrons. The van der Waals surface area contributed by atoms with Crippen LogP contribution in [0.15, 0.2) is 0 Å². The maximum Gasteiger partial charge on any atom is 0.134 e. The van der Waals surface area contributed by atoms with Crippen LogP contribution in [0.3, 0.4) is 0 Å². The number of aliphatic hydroxyl groups is 1. The lowest BCUT2D eigenvalue weighted by Gasteiger charge is -2.26. The zero-order valence-electron chi connectivity index (χ0n) is 7.47.